The Labute approximate surface area is 86.3 Å². The van der Waals surface area contributed by atoms with E-state index in [0.29, 0.717) is 0 Å². The van der Waals surface area contributed by atoms with Gasteiger partial charge in [0.1, 0.15) is 0 Å². The van der Waals surface area contributed by atoms with Gasteiger partial charge in [0.15, 0.2) is 0 Å². The molecule has 1 aromatic carbocycles. The maximum atomic E-state index is 6.44. The van der Waals surface area contributed by atoms with Crippen molar-refractivity contribution in [2.24, 2.45) is 11.7 Å². The second kappa shape index (κ2) is 3.39. The lowest BCUT2D eigenvalue weighted by Crippen LogP contribution is -2.33. The molecule has 0 amide bonds. The van der Waals surface area contributed by atoms with Crippen LogP contribution in [-0.2, 0) is 5.54 Å². The smallest absolute Gasteiger partial charge is 0.0412 e. The Morgan fingerprint density at radius 2 is 2.21 bits per heavy atom. The zero-order valence-electron chi connectivity index (χ0n) is 9.09. The van der Waals surface area contributed by atoms with Gasteiger partial charge in [-0.1, -0.05) is 36.8 Å². The topological polar surface area (TPSA) is 26.0 Å². The Kier molecular flexibility index (Phi) is 2.36. The van der Waals surface area contributed by atoms with Gasteiger partial charge >= 0.3 is 0 Å². The molecule has 1 aromatic rings. The van der Waals surface area contributed by atoms with Crippen LogP contribution in [0.2, 0.25) is 0 Å². The summed E-state index contributed by atoms with van der Waals surface area (Å²) in [4.78, 5) is 0. The predicted molar refractivity (Wildman–Crippen MR) is 60.1 cm³/mol. The molecule has 2 atom stereocenters. The summed E-state index contributed by atoms with van der Waals surface area (Å²) < 4.78 is 0. The largest absolute Gasteiger partial charge is 0.321 e. The summed E-state index contributed by atoms with van der Waals surface area (Å²) in [6, 6.07) is 8.65. The molecule has 0 heterocycles. The molecule has 1 nitrogen and oxygen atoms in total. The second-order valence-electron chi connectivity index (χ2n) is 4.87. The van der Waals surface area contributed by atoms with Gasteiger partial charge in [0.25, 0.3) is 0 Å². The molecule has 0 radical (unpaired) electrons. The van der Waals surface area contributed by atoms with E-state index in [2.05, 4.69) is 38.1 Å². The van der Waals surface area contributed by atoms with Crippen LogP contribution < -0.4 is 5.73 Å². The lowest BCUT2D eigenvalue weighted by Gasteiger charge is -2.25. The van der Waals surface area contributed by atoms with Gasteiger partial charge in [-0.3, -0.25) is 0 Å². The van der Waals surface area contributed by atoms with Crippen molar-refractivity contribution < 1.29 is 0 Å². The van der Waals surface area contributed by atoms with Crippen LogP contribution in [0.3, 0.4) is 0 Å². The number of rotatable bonds is 1. The summed E-state index contributed by atoms with van der Waals surface area (Å²) in [5, 5.41) is 0. The van der Waals surface area contributed by atoms with Gasteiger partial charge in [-0.05, 0) is 37.7 Å². The number of nitrogens with two attached hydrogens (primary N) is 1. The SMILES string of the molecule is Cc1cccc(C2(N)CCC(C)C2)c1. The van der Waals surface area contributed by atoms with Crippen molar-refractivity contribution in [1.29, 1.82) is 0 Å². The summed E-state index contributed by atoms with van der Waals surface area (Å²) in [6.07, 6.45) is 3.54. The van der Waals surface area contributed by atoms with Crippen molar-refractivity contribution in [3.8, 4) is 0 Å². The van der Waals surface area contributed by atoms with E-state index in [-0.39, 0.29) is 5.54 Å². The molecular formula is C13H19N. The van der Waals surface area contributed by atoms with Gasteiger partial charge in [-0.2, -0.15) is 0 Å². The summed E-state index contributed by atoms with van der Waals surface area (Å²) in [6.45, 7) is 4.43. The third-order valence-electron chi connectivity index (χ3n) is 3.39. The molecule has 1 heteroatoms. The quantitative estimate of drug-likeness (QED) is 0.722. The molecular weight excluding hydrogens is 170 g/mol. The molecule has 0 saturated heterocycles. The minimum Gasteiger partial charge on any atom is -0.321 e. The van der Waals surface area contributed by atoms with E-state index in [9.17, 15) is 0 Å². The van der Waals surface area contributed by atoms with E-state index in [1.807, 2.05) is 0 Å². The van der Waals surface area contributed by atoms with E-state index in [0.717, 1.165) is 18.8 Å². The van der Waals surface area contributed by atoms with Gasteiger partial charge in [-0.25, -0.2) is 0 Å². The molecule has 0 spiro atoms. The zero-order chi connectivity index (χ0) is 10.2. The van der Waals surface area contributed by atoms with Gasteiger partial charge < -0.3 is 5.73 Å². The van der Waals surface area contributed by atoms with Crippen LogP contribution in [0.15, 0.2) is 24.3 Å². The molecule has 1 aliphatic rings. The van der Waals surface area contributed by atoms with E-state index in [1.165, 1.54) is 17.5 Å². The Hall–Kier alpha value is -0.820. The van der Waals surface area contributed by atoms with E-state index in [1.54, 1.807) is 0 Å². The van der Waals surface area contributed by atoms with Crippen LogP contribution in [0.5, 0.6) is 0 Å². The highest BCUT2D eigenvalue weighted by molar-refractivity contribution is 5.29. The number of hydrogen-bond acceptors (Lipinski definition) is 1. The van der Waals surface area contributed by atoms with Crippen molar-refractivity contribution >= 4 is 0 Å². The Morgan fingerprint density at radius 1 is 1.43 bits per heavy atom. The van der Waals surface area contributed by atoms with E-state index >= 15 is 0 Å². The molecule has 2 unspecified atom stereocenters. The molecule has 1 saturated carbocycles. The fourth-order valence-electron chi connectivity index (χ4n) is 2.55. The zero-order valence-corrected chi connectivity index (χ0v) is 9.09. The van der Waals surface area contributed by atoms with Crippen LogP contribution in [0.1, 0.15) is 37.3 Å². The molecule has 1 aliphatic carbocycles. The van der Waals surface area contributed by atoms with Gasteiger partial charge in [0.05, 0.1) is 0 Å². The number of benzene rings is 1. The fourth-order valence-corrected chi connectivity index (χ4v) is 2.55. The van der Waals surface area contributed by atoms with E-state index < -0.39 is 0 Å². The molecule has 76 valence electrons. The maximum Gasteiger partial charge on any atom is 0.0412 e. The summed E-state index contributed by atoms with van der Waals surface area (Å²) >= 11 is 0. The first kappa shape index (κ1) is 9.72. The number of hydrogen-bond donors (Lipinski definition) is 1. The highest BCUT2D eigenvalue weighted by Crippen LogP contribution is 2.39. The predicted octanol–water partition coefficient (Wildman–Crippen LogP) is 2.97. The first-order valence-corrected chi connectivity index (χ1v) is 5.46. The van der Waals surface area contributed by atoms with Crippen LogP contribution in [0.25, 0.3) is 0 Å². The molecule has 1 fully saturated rings. The fraction of sp³-hybridized carbons (Fsp3) is 0.538. The molecule has 14 heavy (non-hydrogen) atoms. The molecule has 2 rings (SSSR count). The molecule has 0 bridgehead atoms. The summed E-state index contributed by atoms with van der Waals surface area (Å²) in [5.74, 6) is 0.778. The standard InChI is InChI=1S/C13H19N/c1-10-4-3-5-12(8-10)13(14)7-6-11(2)9-13/h3-5,8,11H,6-7,9,14H2,1-2H3. The molecule has 0 aromatic heterocycles. The number of aryl methyl sites for hydroxylation is 1. The minimum atomic E-state index is -0.0502. The third kappa shape index (κ3) is 1.69. The van der Waals surface area contributed by atoms with Crippen molar-refractivity contribution in [3.63, 3.8) is 0 Å². The van der Waals surface area contributed by atoms with Crippen molar-refractivity contribution in [2.45, 2.75) is 38.6 Å². The highest BCUT2D eigenvalue weighted by Gasteiger charge is 2.34. The second-order valence-corrected chi connectivity index (χ2v) is 4.87. The summed E-state index contributed by atoms with van der Waals surface area (Å²) in [7, 11) is 0. The van der Waals surface area contributed by atoms with E-state index in [4.69, 9.17) is 5.73 Å². The molecule has 2 N–H and O–H groups in total. The van der Waals surface area contributed by atoms with Gasteiger partial charge in [0.2, 0.25) is 0 Å². The maximum absolute atomic E-state index is 6.44. The monoisotopic (exact) mass is 189 g/mol. The third-order valence-corrected chi connectivity index (χ3v) is 3.39. The average Bonchev–Trinajstić information content (AvgIpc) is 2.48. The van der Waals surface area contributed by atoms with Crippen LogP contribution in [0, 0.1) is 12.8 Å². The average molecular weight is 189 g/mol. The lowest BCUT2D eigenvalue weighted by molar-refractivity contribution is 0.440. The normalized spacial score (nSPS) is 32.1. The Bertz CT molecular complexity index is 332. The Balaban J connectivity index is 2.30. The Morgan fingerprint density at radius 3 is 2.79 bits per heavy atom. The van der Waals surface area contributed by atoms with Gasteiger partial charge in [0, 0.05) is 5.54 Å². The van der Waals surface area contributed by atoms with Crippen LogP contribution in [0.4, 0.5) is 0 Å². The first-order chi connectivity index (χ1) is 6.60. The van der Waals surface area contributed by atoms with Crippen molar-refractivity contribution in [2.75, 3.05) is 0 Å². The van der Waals surface area contributed by atoms with Crippen LogP contribution >= 0.6 is 0 Å². The van der Waals surface area contributed by atoms with Crippen molar-refractivity contribution in [1.82, 2.24) is 0 Å². The lowest BCUT2D eigenvalue weighted by atomic mass is 9.88. The first-order valence-electron chi connectivity index (χ1n) is 5.46. The van der Waals surface area contributed by atoms with Gasteiger partial charge in [-0.15, -0.1) is 0 Å². The van der Waals surface area contributed by atoms with Crippen LogP contribution in [-0.4, -0.2) is 0 Å². The highest BCUT2D eigenvalue weighted by atomic mass is 14.8. The van der Waals surface area contributed by atoms with Crippen molar-refractivity contribution in [3.05, 3.63) is 35.4 Å². The minimum absolute atomic E-state index is 0.0502. The summed E-state index contributed by atoms with van der Waals surface area (Å²) in [5.41, 5.74) is 9.02. The molecule has 0 aliphatic heterocycles.